The third kappa shape index (κ3) is 4.66. The summed E-state index contributed by atoms with van der Waals surface area (Å²) in [5.74, 6) is -0.187. The van der Waals surface area contributed by atoms with Gasteiger partial charge in [0.15, 0.2) is 0 Å². The summed E-state index contributed by atoms with van der Waals surface area (Å²) >= 11 is 0. The van der Waals surface area contributed by atoms with Crippen molar-refractivity contribution in [2.24, 2.45) is 5.92 Å². The van der Waals surface area contributed by atoms with E-state index in [0.717, 1.165) is 30.1 Å². The van der Waals surface area contributed by atoms with Crippen LogP contribution in [0.3, 0.4) is 0 Å². The summed E-state index contributed by atoms with van der Waals surface area (Å²) < 4.78 is 0. The number of carbonyl (C=O) groups excluding carboxylic acids is 3. The molecule has 2 saturated heterocycles. The molecule has 1 aromatic carbocycles. The first-order chi connectivity index (χ1) is 12.9. The van der Waals surface area contributed by atoms with Crippen molar-refractivity contribution in [2.45, 2.75) is 45.1 Å². The number of urea groups is 1. The molecule has 7 nitrogen and oxygen atoms in total. The summed E-state index contributed by atoms with van der Waals surface area (Å²) in [5, 5.41) is 3.56. The number of aryl methyl sites for hydroxylation is 1. The second-order valence-corrected chi connectivity index (χ2v) is 7.91. The van der Waals surface area contributed by atoms with Crippen LogP contribution in [-0.4, -0.2) is 52.9 Å². The number of amides is 4. The van der Waals surface area contributed by atoms with Gasteiger partial charge in [0.1, 0.15) is 5.54 Å². The van der Waals surface area contributed by atoms with Crippen LogP contribution in [0.1, 0.15) is 38.7 Å². The molecule has 4 amide bonds. The molecule has 3 rings (SSSR count). The van der Waals surface area contributed by atoms with Crippen LogP contribution in [0, 0.1) is 5.92 Å². The quantitative estimate of drug-likeness (QED) is 0.745. The van der Waals surface area contributed by atoms with E-state index in [4.69, 9.17) is 0 Å². The Kier molecular flexibility index (Phi) is 5.79. The highest BCUT2D eigenvalue weighted by Crippen LogP contribution is 2.22. The van der Waals surface area contributed by atoms with E-state index in [1.807, 2.05) is 30.3 Å². The predicted octanol–water partition coefficient (Wildman–Crippen LogP) is 1.69. The number of imide groups is 1. The number of carbonyl (C=O) groups is 3. The van der Waals surface area contributed by atoms with Crippen molar-refractivity contribution in [3.8, 4) is 0 Å². The third-order valence-corrected chi connectivity index (χ3v) is 5.36. The van der Waals surface area contributed by atoms with Crippen LogP contribution in [0.25, 0.3) is 0 Å². The number of hydrogen-bond donors (Lipinski definition) is 2. The fourth-order valence-corrected chi connectivity index (χ4v) is 3.79. The average molecular weight is 372 g/mol. The molecule has 2 aliphatic heterocycles. The molecule has 0 saturated carbocycles. The Morgan fingerprint density at radius 2 is 2.04 bits per heavy atom. The molecule has 146 valence electrons. The van der Waals surface area contributed by atoms with Crippen molar-refractivity contribution >= 4 is 17.8 Å². The number of benzene rings is 1. The molecule has 2 aliphatic rings. The average Bonchev–Trinajstić information content (AvgIpc) is 2.84. The Morgan fingerprint density at radius 1 is 1.30 bits per heavy atom. The molecule has 2 heterocycles. The molecule has 1 aromatic rings. The lowest BCUT2D eigenvalue weighted by atomic mass is 9.93. The van der Waals surface area contributed by atoms with Gasteiger partial charge in [0.05, 0.1) is 6.54 Å². The van der Waals surface area contributed by atoms with Gasteiger partial charge in [-0.05, 0) is 50.6 Å². The van der Waals surface area contributed by atoms with Crippen molar-refractivity contribution in [3.63, 3.8) is 0 Å². The van der Waals surface area contributed by atoms with Gasteiger partial charge in [0, 0.05) is 6.54 Å². The minimum Gasteiger partial charge on any atom is -0.322 e. The molecular weight excluding hydrogens is 344 g/mol. The highest BCUT2D eigenvalue weighted by atomic mass is 16.2. The van der Waals surface area contributed by atoms with Gasteiger partial charge in [0.25, 0.3) is 11.8 Å². The van der Waals surface area contributed by atoms with Crippen LogP contribution in [0.2, 0.25) is 0 Å². The summed E-state index contributed by atoms with van der Waals surface area (Å²) in [4.78, 5) is 39.4. The molecule has 0 aliphatic carbocycles. The summed E-state index contributed by atoms with van der Waals surface area (Å²) in [7, 11) is 0. The van der Waals surface area contributed by atoms with Crippen LogP contribution >= 0.6 is 0 Å². The maximum Gasteiger partial charge on any atom is 0.344 e. The first-order valence-corrected chi connectivity index (χ1v) is 9.60. The molecule has 2 atom stereocenters. The molecule has 2 N–H and O–H groups in total. The number of nitrogens with zero attached hydrogens (tertiary/aromatic N) is 2. The first-order valence-electron chi connectivity index (χ1n) is 9.60. The van der Waals surface area contributed by atoms with Gasteiger partial charge < -0.3 is 5.32 Å². The molecule has 0 bridgehead atoms. The normalized spacial score (nSPS) is 26.1. The predicted molar refractivity (Wildman–Crippen MR) is 102 cm³/mol. The van der Waals surface area contributed by atoms with E-state index in [1.165, 1.54) is 6.42 Å². The molecule has 7 heteroatoms. The largest absolute Gasteiger partial charge is 0.344 e. The van der Waals surface area contributed by atoms with Gasteiger partial charge in [0.2, 0.25) is 0 Å². The molecule has 0 unspecified atom stereocenters. The maximum atomic E-state index is 12.8. The monoisotopic (exact) mass is 372 g/mol. The number of piperidine rings is 1. The van der Waals surface area contributed by atoms with Crippen LogP contribution in [0.5, 0.6) is 0 Å². The molecule has 0 radical (unpaired) electrons. The third-order valence-electron chi connectivity index (χ3n) is 5.36. The molecule has 2 fully saturated rings. The zero-order chi connectivity index (χ0) is 19.4. The highest BCUT2D eigenvalue weighted by molar-refractivity contribution is 6.07. The fraction of sp³-hybridized carbons (Fsp3) is 0.550. The number of nitrogens with one attached hydrogen (secondary N) is 2. The Bertz CT molecular complexity index is 708. The maximum absolute atomic E-state index is 12.8. The minimum absolute atomic E-state index is 0.197. The summed E-state index contributed by atoms with van der Waals surface area (Å²) in [6.07, 6.45) is 3.37. The molecule has 27 heavy (non-hydrogen) atoms. The van der Waals surface area contributed by atoms with Crippen LogP contribution in [-0.2, 0) is 16.0 Å². The Labute approximate surface area is 160 Å². The summed E-state index contributed by atoms with van der Waals surface area (Å²) in [5.41, 5.74) is 2.57. The zero-order valence-corrected chi connectivity index (χ0v) is 16.0. The molecule has 0 spiro atoms. The molecular formula is C20H28N4O3. The van der Waals surface area contributed by atoms with Gasteiger partial charge >= 0.3 is 6.03 Å². The van der Waals surface area contributed by atoms with Crippen molar-refractivity contribution < 1.29 is 14.4 Å². The van der Waals surface area contributed by atoms with Crippen molar-refractivity contribution in [1.29, 1.82) is 0 Å². The standard InChI is InChI=1S/C20H28N4O3/c1-15-7-6-12-23(13-15)14-17(25)22-24-18(26)20(2,21-19(24)27)11-10-16-8-4-3-5-9-16/h3-5,8-9,15H,6-7,10-14H2,1-2H3,(H,21,27)(H,22,25)/t15-,20-/m1/s1. The number of hydrazine groups is 1. The SMILES string of the molecule is C[C@@H]1CCCN(CC(=O)NN2C(=O)N[C@](C)(CCc3ccccc3)C2=O)C1. The van der Waals surface area contributed by atoms with E-state index in [-0.39, 0.29) is 12.5 Å². The number of likely N-dealkylation sites (tertiary alicyclic amines) is 1. The number of hydrogen-bond acceptors (Lipinski definition) is 4. The Hall–Kier alpha value is -2.41. The van der Waals surface area contributed by atoms with E-state index in [9.17, 15) is 14.4 Å². The van der Waals surface area contributed by atoms with Gasteiger partial charge in [-0.2, -0.15) is 5.01 Å². The second-order valence-electron chi connectivity index (χ2n) is 7.91. The smallest absolute Gasteiger partial charge is 0.322 e. The van der Waals surface area contributed by atoms with Gasteiger partial charge in [-0.15, -0.1) is 0 Å². The summed E-state index contributed by atoms with van der Waals surface area (Å²) in [6, 6.07) is 9.24. The fourth-order valence-electron chi connectivity index (χ4n) is 3.79. The van der Waals surface area contributed by atoms with E-state index in [1.54, 1.807) is 6.92 Å². The lowest BCUT2D eigenvalue weighted by Crippen LogP contribution is -2.52. The summed E-state index contributed by atoms with van der Waals surface area (Å²) in [6.45, 7) is 5.80. The van der Waals surface area contributed by atoms with Crippen LogP contribution < -0.4 is 10.7 Å². The lowest BCUT2D eigenvalue weighted by Gasteiger charge is -2.30. The second kappa shape index (κ2) is 8.08. The van der Waals surface area contributed by atoms with Crippen molar-refractivity contribution in [1.82, 2.24) is 20.7 Å². The van der Waals surface area contributed by atoms with E-state index in [2.05, 4.69) is 22.6 Å². The lowest BCUT2D eigenvalue weighted by molar-refractivity contribution is -0.139. The molecule has 0 aromatic heterocycles. The zero-order valence-electron chi connectivity index (χ0n) is 16.0. The highest BCUT2D eigenvalue weighted by Gasteiger charge is 2.48. The van der Waals surface area contributed by atoms with Gasteiger partial charge in [-0.25, -0.2) is 4.79 Å². The van der Waals surface area contributed by atoms with E-state index < -0.39 is 17.5 Å². The van der Waals surface area contributed by atoms with Crippen LogP contribution in [0.15, 0.2) is 30.3 Å². The minimum atomic E-state index is -1.01. The topological polar surface area (TPSA) is 81.8 Å². The number of rotatable bonds is 6. The van der Waals surface area contributed by atoms with E-state index in [0.29, 0.717) is 18.8 Å². The van der Waals surface area contributed by atoms with Crippen molar-refractivity contribution in [3.05, 3.63) is 35.9 Å². The van der Waals surface area contributed by atoms with Crippen LogP contribution in [0.4, 0.5) is 4.79 Å². The Morgan fingerprint density at radius 3 is 2.74 bits per heavy atom. The Balaban J connectivity index is 1.55. The van der Waals surface area contributed by atoms with Gasteiger partial charge in [-0.1, -0.05) is 37.3 Å². The van der Waals surface area contributed by atoms with Gasteiger partial charge in [-0.3, -0.25) is 19.9 Å². The van der Waals surface area contributed by atoms with E-state index >= 15 is 0 Å². The first kappa shape index (κ1) is 19.4. The van der Waals surface area contributed by atoms with Crippen molar-refractivity contribution in [2.75, 3.05) is 19.6 Å².